The molecular weight excluding hydrogens is 565 g/mol. The molecule has 1 atom stereocenters. The molecule has 0 bridgehead atoms. The number of furan rings is 1. The Morgan fingerprint density at radius 3 is 2.26 bits per heavy atom. The molecule has 0 saturated carbocycles. The molecule has 1 heterocycles. The van der Waals surface area contributed by atoms with Gasteiger partial charge in [-0.05, 0) is 63.2 Å². The summed E-state index contributed by atoms with van der Waals surface area (Å²) in [5, 5.41) is 11.4. The van der Waals surface area contributed by atoms with Crippen molar-refractivity contribution in [3.63, 3.8) is 0 Å². The highest BCUT2D eigenvalue weighted by Gasteiger charge is 2.35. The van der Waals surface area contributed by atoms with Crippen LogP contribution in [0.5, 0.6) is 0 Å². The van der Waals surface area contributed by atoms with Crippen molar-refractivity contribution in [1.82, 2.24) is 4.90 Å². The summed E-state index contributed by atoms with van der Waals surface area (Å²) in [6.07, 6.45) is -7.63. The summed E-state index contributed by atoms with van der Waals surface area (Å²) in [5.74, 6) is -4.38. The van der Waals surface area contributed by atoms with Gasteiger partial charge in [-0.3, -0.25) is 9.69 Å². The van der Waals surface area contributed by atoms with Crippen molar-refractivity contribution in [2.24, 2.45) is 0 Å². The van der Waals surface area contributed by atoms with Crippen molar-refractivity contribution in [2.45, 2.75) is 45.1 Å². The summed E-state index contributed by atoms with van der Waals surface area (Å²) in [4.78, 5) is 13.4. The van der Waals surface area contributed by atoms with Gasteiger partial charge in [-0.2, -0.15) is 13.2 Å². The van der Waals surface area contributed by atoms with Crippen LogP contribution in [0.1, 0.15) is 39.7 Å². The molecule has 0 aliphatic carbocycles. The Kier molecular flexibility index (Phi) is 8.64. The zero-order valence-corrected chi connectivity index (χ0v) is 23.1. The van der Waals surface area contributed by atoms with Gasteiger partial charge >= 0.3 is 12.1 Å². The molecule has 1 N–H and O–H groups in total. The molecule has 5 rings (SSSR count). The Bertz CT molecular complexity index is 1730. The summed E-state index contributed by atoms with van der Waals surface area (Å²) < 4.78 is 71.5. The van der Waals surface area contributed by atoms with Crippen molar-refractivity contribution in [3.8, 4) is 11.1 Å². The normalized spacial score (nSPS) is 12.7. The number of aryl methyl sites for hydroxylation is 1. The standard InChI is InChI=1S/C34H28F5NO3/c1-21-9-12-24-5-2-3-8-28(24)29(21)20-40(19-27-15-16-30(43-27)34(37,38)39)18-22-10-13-23(14-11-22)25-6-4-7-26(17-25)31(32(35)36)33(41)42/h2-17,31-32H,18-20H2,1H3,(H,41,42). The van der Waals surface area contributed by atoms with Gasteiger partial charge in [0.25, 0.3) is 6.43 Å². The van der Waals surface area contributed by atoms with E-state index in [1.807, 2.05) is 72.5 Å². The number of carboxylic acids is 1. The van der Waals surface area contributed by atoms with Crippen molar-refractivity contribution < 1.29 is 36.3 Å². The highest BCUT2D eigenvalue weighted by Crippen LogP contribution is 2.32. The number of hydrogen-bond acceptors (Lipinski definition) is 3. The van der Waals surface area contributed by atoms with Crippen LogP contribution in [0, 0.1) is 6.92 Å². The maximum atomic E-state index is 13.4. The number of carbonyl (C=O) groups is 1. The number of aliphatic carboxylic acids is 1. The smallest absolute Gasteiger partial charge is 0.449 e. The lowest BCUT2D eigenvalue weighted by Gasteiger charge is -2.24. The van der Waals surface area contributed by atoms with Gasteiger partial charge in [0, 0.05) is 13.1 Å². The van der Waals surface area contributed by atoms with Crippen LogP contribution in [-0.4, -0.2) is 22.4 Å². The van der Waals surface area contributed by atoms with E-state index in [4.69, 9.17) is 4.42 Å². The Balaban J connectivity index is 1.43. The Labute approximate surface area is 245 Å². The maximum absolute atomic E-state index is 13.4. The lowest BCUT2D eigenvalue weighted by Crippen LogP contribution is -2.23. The predicted molar refractivity (Wildman–Crippen MR) is 154 cm³/mol. The van der Waals surface area contributed by atoms with E-state index in [1.165, 1.54) is 18.2 Å². The second kappa shape index (κ2) is 12.4. The minimum Gasteiger partial charge on any atom is -0.481 e. The summed E-state index contributed by atoms with van der Waals surface area (Å²) in [6.45, 7) is 2.97. The third-order valence-corrected chi connectivity index (χ3v) is 7.43. The minimum atomic E-state index is -4.58. The molecule has 1 unspecified atom stereocenters. The minimum absolute atomic E-state index is 0.0115. The number of halogens is 5. The summed E-state index contributed by atoms with van der Waals surface area (Å²) in [7, 11) is 0. The average Bonchev–Trinajstić information content (AvgIpc) is 3.44. The zero-order valence-electron chi connectivity index (χ0n) is 23.1. The highest BCUT2D eigenvalue weighted by molar-refractivity contribution is 5.86. The number of fused-ring (bicyclic) bond motifs is 1. The summed E-state index contributed by atoms with van der Waals surface area (Å²) in [6, 6.07) is 27.7. The highest BCUT2D eigenvalue weighted by atomic mass is 19.4. The van der Waals surface area contributed by atoms with E-state index in [-0.39, 0.29) is 17.9 Å². The van der Waals surface area contributed by atoms with Gasteiger partial charge in [0.15, 0.2) is 0 Å². The van der Waals surface area contributed by atoms with E-state index in [1.54, 1.807) is 12.1 Å². The largest absolute Gasteiger partial charge is 0.481 e. The van der Waals surface area contributed by atoms with Crippen LogP contribution < -0.4 is 0 Å². The fourth-order valence-electron chi connectivity index (χ4n) is 5.25. The van der Waals surface area contributed by atoms with Crippen LogP contribution in [0.4, 0.5) is 22.0 Å². The fraction of sp³-hybridized carbons (Fsp3) is 0.206. The molecule has 0 radical (unpaired) electrons. The molecule has 43 heavy (non-hydrogen) atoms. The quantitative estimate of drug-likeness (QED) is 0.164. The van der Waals surface area contributed by atoms with Crippen molar-refractivity contribution >= 4 is 16.7 Å². The fourth-order valence-corrected chi connectivity index (χ4v) is 5.25. The van der Waals surface area contributed by atoms with Gasteiger partial charge in [-0.1, -0.05) is 84.9 Å². The average molecular weight is 594 g/mol. The van der Waals surface area contributed by atoms with Crippen molar-refractivity contribution in [3.05, 3.63) is 131 Å². The molecule has 0 aliphatic rings. The lowest BCUT2D eigenvalue weighted by atomic mass is 9.95. The van der Waals surface area contributed by atoms with Crippen LogP contribution in [-0.2, 0) is 30.6 Å². The third kappa shape index (κ3) is 6.94. The van der Waals surface area contributed by atoms with Crippen LogP contribution in [0.15, 0.2) is 101 Å². The maximum Gasteiger partial charge on any atom is 0.449 e. The number of carboxylic acid groups (broad SMARTS) is 1. The van der Waals surface area contributed by atoms with Gasteiger partial charge in [0.2, 0.25) is 5.76 Å². The second-order valence-corrected chi connectivity index (χ2v) is 10.5. The van der Waals surface area contributed by atoms with Gasteiger partial charge < -0.3 is 9.52 Å². The number of rotatable bonds is 10. The lowest BCUT2D eigenvalue weighted by molar-refractivity contribution is -0.153. The van der Waals surface area contributed by atoms with Crippen LogP contribution >= 0.6 is 0 Å². The topological polar surface area (TPSA) is 53.7 Å². The molecule has 0 saturated heterocycles. The first kappa shape index (κ1) is 30.0. The number of alkyl halides is 5. The monoisotopic (exact) mass is 593 g/mol. The van der Waals surface area contributed by atoms with Gasteiger partial charge in [-0.15, -0.1) is 0 Å². The summed E-state index contributed by atoms with van der Waals surface area (Å²) >= 11 is 0. The zero-order chi connectivity index (χ0) is 30.7. The molecule has 222 valence electrons. The van der Waals surface area contributed by atoms with E-state index in [9.17, 15) is 31.9 Å². The molecule has 9 heteroatoms. The molecule has 0 spiro atoms. The second-order valence-electron chi connectivity index (χ2n) is 10.5. The third-order valence-electron chi connectivity index (χ3n) is 7.43. The summed E-state index contributed by atoms with van der Waals surface area (Å²) in [5.41, 5.74) is 4.29. The molecule has 4 aromatic carbocycles. The number of hydrogen-bond donors (Lipinski definition) is 1. The number of benzene rings is 4. The molecule has 0 amide bonds. The Morgan fingerprint density at radius 2 is 1.58 bits per heavy atom. The molecule has 0 fully saturated rings. The predicted octanol–water partition coefficient (Wildman–Crippen LogP) is 9.06. The van der Waals surface area contributed by atoms with Gasteiger partial charge in [0.05, 0.1) is 6.54 Å². The van der Waals surface area contributed by atoms with Crippen LogP contribution in [0.3, 0.4) is 0 Å². The van der Waals surface area contributed by atoms with Gasteiger partial charge in [-0.25, -0.2) is 8.78 Å². The Hall–Kier alpha value is -4.50. The molecule has 0 aliphatic heterocycles. The van der Waals surface area contributed by atoms with Gasteiger partial charge in [0.1, 0.15) is 11.7 Å². The SMILES string of the molecule is Cc1ccc2ccccc2c1CN(Cc1ccc(-c2cccc(C(C(=O)O)C(F)F)c2)cc1)Cc1ccc(C(F)(F)F)o1. The molecule has 1 aromatic heterocycles. The molecule has 4 nitrogen and oxygen atoms in total. The first-order valence-corrected chi connectivity index (χ1v) is 13.6. The van der Waals surface area contributed by atoms with E-state index in [0.717, 1.165) is 33.5 Å². The van der Waals surface area contributed by atoms with Crippen LogP contribution in [0.25, 0.3) is 21.9 Å². The van der Waals surface area contributed by atoms with Crippen molar-refractivity contribution in [1.29, 1.82) is 0 Å². The Morgan fingerprint density at radius 1 is 0.837 bits per heavy atom. The first-order chi connectivity index (χ1) is 20.5. The molecular formula is C34H28F5NO3. The molecule has 5 aromatic rings. The van der Waals surface area contributed by atoms with Crippen LogP contribution in [0.2, 0.25) is 0 Å². The van der Waals surface area contributed by atoms with E-state index in [2.05, 4.69) is 0 Å². The van der Waals surface area contributed by atoms with E-state index >= 15 is 0 Å². The van der Waals surface area contributed by atoms with E-state index < -0.39 is 30.2 Å². The van der Waals surface area contributed by atoms with E-state index in [0.29, 0.717) is 24.2 Å². The van der Waals surface area contributed by atoms with Crippen molar-refractivity contribution in [2.75, 3.05) is 0 Å². The first-order valence-electron chi connectivity index (χ1n) is 13.6. The number of nitrogens with zero attached hydrogens (tertiary/aromatic N) is 1.